The minimum Gasteiger partial charge on any atom is -0.383 e. The molecular weight excluding hydrogens is 318 g/mol. The summed E-state index contributed by atoms with van der Waals surface area (Å²) >= 11 is 0. The van der Waals surface area contributed by atoms with Gasteiger partial charge in [-0.25, -0.2) is 15.0 Å². The highest BCUT2D eigenvalue weighted by Gasteiger charge is 2.39. The average molecular weight is 350 g/mol. The summed E-state index contributed by atoms with van der Waals surface area (Å²) < 4.78 is 5.13. The second-order valence-electron chi connectivity index (χ2n) is 7.18. The fourth-order valence-electron chi connectivity index (χ4n) is 3.57. The Kier molecular flexibility index (Phi) is 5.30. The molecule has 0 atom stereocenters. The molecule has 0 saturated heterocycles. The van der Waals surface area contributed by atoms with E-state index in [0.29, 0.717) is 0 Å². The first-order chi connectivity index (χ1) is 10.8. The number of hydrogen-bond acceptors (Lipinski definition) is 4. The molecule has 128 valence electrons. The van der Waals surface area contributed by atoms with E-state index in [1.807, 2.05) is 6.33 Å². The summed E-state index contributed by atoms with van der Waals surface area (Å²) in [5.74, 6) is 2.05. The Bertz CT molecular complexity index is 607. The lowest BCUT2D eigenvalue weighted by Gasteiger charge is -2.44. The number of imidazole rings is 1. The first-order valence-corrected chi connectivity index (χ1v) is 14.8. The van der Waals surface area contributed by atoms with Crippen LogP contribution in [0.25, 0.3) is 11.5 Å². The smallest absolute Gasteiger partial charge is 0.184 e. The highest BCUT2D eigenvalue weighted by molar-refractivity contribution is 6.83. The molecule has 2 rings (SSSR count). The van der Waals surface area contributed by atoms with Crippen molar-refractivity contribution in [3.63, 3.8) is 0 Å². The Morgan fingerprint density at radius 3 is 2.04 bits per heavy atom. The van der Waals surface area contributed by atoms with E-state index in [2.05, 4.69) is 71.1 Å². The quantitative estimate of drug-likeness (QED) is 0.700. The molecule has 2 aliphatic heterocycles. The molecule has 0 aromatic carbocycles. The Labute approximate surface area is 142 Å². The molecule has 0 fully saturated rings. The molecule has 0 bridgehead atoms. The maximum absolute atomic E-state index is 4.59. The minimum absolute atomic E-state index is 0.777. The van der Waals surface area contributed by atoms with Crippen molar-refractivity contribution in [1.82, 2.24) is 19.2 Å². The van der Waals surface area contributed by atoms with Gasteiger partial charge >= 0.3 is 0 Å². The molecule has 0 unspecified atom stereocenters. The molecule has 7 heteroatoms. The van der Waals surface area contributed by atoms with Crippen molar-refractivity contribution >= 4 is 22.3 Å². The van der Waals surface area contributed by atoms with Crippen molar-refractivity contribution in [2.45, 2.75) is 65.5 Å². The Morgan fingerprint density at radius 1 is 0.957 bits per heavy atom. The SMILES string of the molecule is CCN(c1c2ncnc-2ncn1[Si](C)(C)C)[Si](CC)(CC)CC. The van der Waals surface area contributed by atoms with E-state index in [9.17, 15) is 0 Å². The molecule has 0 aliphatic carbocycles. The van der Waals surface area contributed by atoms with Crippen LogP contribution in [0.5, 0.6) is 0 Å². The predicted octanol–water partition coefficient (Wildman–Crippen LogP) is 4.29. The van der Waals surface area contributed by atoms with E-state index in [-0.39, 0.29) is 0 Å². The predicted molar refractivity (Wildman–Crippen MR) is 103 cm³/mol. The van der Waals surface area contributed by atoms with Crippen LogP contribution >= 0.6 is 0 Å². The van der Waals surface area contributed by atoms with Crippen LogP contribution < -0.4 is 4.57 Å². The molecule has 5 nitrogen and oxygen atoms in total. The third-order valence-electron chi connectivity index (χ3n) is 5.16. The van der Waals surface area contributed by atoms with Crippen molar-refractivity contribution in [2.24, 2.45) is 0 Å². The topological polar surface area (TPSA) is 46.8 Å². The second-order valence-corrected chi connectivity index (χ2v) is 17.1. The summed E-state index contributed by atoms with van der Waals surface area (Å²) in [6.07, 6.45) is 3.65. The van der Waals surface area contributed by atoms with Gasteiger partial charge < -0.3 is 8.80 Å². The fourth-order valence-corrected chi connectivity index (χ4v) is 8.92. The molecule has 23 heavy (non-hydrogen) atoms. The van der Waals surface area contributed by atoms with Gasteiger partial charge in [-0.2, -0.15) is 0 Å². The summed E-state index contributed by atoms with van der Waals surface area (Å²) in [6, 6.07) is 3.78. The van der Waals surface area contributed by atoms with Gasteiger partial charge in [-0.15, -0.1) is 0 Å². The van der Waals surface area contributed by atoms with Crippen molar-refractivity contribution in [2.75, 3.05) is 11.1 Å². The third kappa shape index (κ3) is 3.08. The molecular formula is C16H31N5Si2. The van der Waals surface area contributed by atoms with Crippen LogP contribution in [0.4, 0.5) is 5.82 Å². The zero-order chi connectivity index (χ0) is 17.3. The normalized spacial score (nSPS) is 12.8. The van der Waals surface area contributed by atoms with E-state index in [0.717, 1.165) is 18.1 Å². The van der Waals surface area contributed by atoms with Crippen molar-refractivity contribution < 1.29 is 0 Å². The van der Waals surface area contributed by atoms with Crippen LogP contribution in [-0.2, 0) is 0 Å². The maximum atomic E-state index is 4.59. The van der Waals surface area contributed by atoms with Crippen molar-refractivity contribution in [3.05, 3.63) is 12.7 Å². The third-order valence-corrected chi connectivity index (χ3v) is 12.6. The van der Waals surface area contributed by atoms with Gasteiger partial charge in [0.15, 0.2) is 22.3 Å². The zero-order valence-corrected chi connectivity index (χ0v) is 17.7. The highest BCUT2D eigenvalue weighted by atomic mass is 28.3. The van der Waals surface area contributed by atoms with Gasteiger partial charge in [-0.05, 0) is 25.1 Å². The largest absolute Gasteiger partial charge is 0.383 e. The van der Waals surface area contributed by atoms with Gasteiger partial charge in [-0.1, -0.05) is 40.4 Å². The van der Waals surface area contributed by atoms with Gasteiger partial charge in [0.1, 0.15) is 17.8 Å². The summed E-state index contributed by atoms with van der Waals surface area (Å²) in [7, 11) is -3.15. The highest BCUT2D eigenvalue weighted by Crippen LogP contribution is 2.36. The maximum Gasteiger partial charge on any atom is 0.184 e. The fraction of sp³-hybridized carbons (Fsp3) is 0.688. The van der Waals surface area contributed by atoms with Crippen LogP contribution in [0.2, 0.25) is 37.8 Å². The van der Waals surface area contributed by atoms with E-state index < -0.39 is 16.5 Å². The lowest BCUT2D eigenvalue weighted by atomic mass is 10.4. The van der Waals surface area contributed by atoms with Gasteiger partial charge in [0.25, 0.3) is 0 Å². The van der Waals surface area contributed by atoms with Crippen LogP contribution in [-0.4, -0.2) is 42.2 Å². The molecule has 0 aromatic heterocycles. The van der Waals surface area contributed by atoms with Gasteiger partial charge in [0, 0.05) is 6.54 Å². The molecule has 0 aromatic rings. The van der Waals surface area contributed by atoms with Gasteiger partial charge in [0.2, 0.25) is 0 Å². The Morgan fingerprint density at radius 2 is 1.57 bits per heavy atom. The lowest BCUT2D eigenvalue weighted by Crippen LogP contribution is -2.55. The summed E-state index contributed by atoms with van der Waals surface area (Å²) in [5, 5.41) is 0. The summed E-state index contributed by atoms with van der Waals surface area (Å²) in [5.41, 5.74) is 0.976. The molecule has 0 amide bonds. The number of aromatic nitrogens is 4. The molecule has 0 radical (unpaired) electrons. The van der Waals surface area contributed by atoms with Gasteiger partial charge in [-0.3, -0.25) is 0 Å². The lowest BCUT2D eigenvalue weighted by molar-refractivity contribution is 0.910. The molecule has 0 N–H and O–H groups in total. The van der Waals surface area contributed by atoms with E-state index >= 15 is 0 Å². The first-order valence-electron chi connectivity index (χ1n) is 8.80. The number of hydrogen-bond donors (Lipinski definition) is 0. The number of rotatable bonds is 7. The zero-order valence-electron chi connectivity index (χ0n) is 15.7. The van der Waals surface area contributed by atoms with Crippen LogP contribution in [0.1, 0.15) is 27.7 Å². The molecule has 0 saturated carbocycles. The van der Waals surface area contributed by atoms with Crippen LogP contribution in [0.15, 0.2) is 12.7 Å². The van der Waals surface area contributed by atoms with Crippen molar-refractivity contribution in [3.8, 4) is 11.5 Å². The number of fused-ring (bicyclic) bond motifs is 1. The Hall–Kier alpha value is -1.22. The van der Waals surface area contributed by atoms with E-state index in [1.54, 1.807) is 6.33 Å². The minimum atomic E-state index is -1.60. The standard InChI is InChI=1S/C16H31N5Si2/c1-8-20(23(9-2,10-3)11-4)16-14-15(18-12-17-14)19-13-21(16)22(5,6)7/h12-13H,8-11H2,1-7H3. The van der Waals surface area contributed by atoms with E-state index in [4.69, 9.17) is 0 Å². The monoisotopic (exact) mass is 349 g/mol. The number of anilines is 1. The van der Waals surface area contributed by atoms with Gasteiger partial charge in [0.05, 0.1) is 6.33 Å². The molecule has 0 spiro atoms. The number of nitrogens with zero attached hydrogens (tertiary/aromatic N) is 5. The van der Waals surface area contributed by atoms with Crippen molar-refractivity contribution in [1.29, 1.82) is 0 Å². The molecule has 2 aliphatic rings. The summed E-state index contributed by atoms with van der Waals surface area (Å²) in [4.78, 5) is 13.5. The van der Waals surface area contributed by atoms with Crippen LogP contribution in [0, 0.1) is 0 Å². The first kappa shape index (κ1) is 18.1. The van der Waals surface area contributed by atoms with Crippen LogP contribution in [0.3, 0.4) is 0 Å². The van der Waals surface area contributed by atoms with E-state index in [1.165, 1.54) is 24.0 Å². The molecule has 2 heterocycles. The second kappa shape index (κ2) is 6.72. The Balaban J connectivity index is 2.75. The average Bonchev–Trinajstić information content (AvgIpc) is 3.00. The summed E-state index contributed by atoms with van der Waals surface area (Å²) in [6.45, 7) is 17.5.